The van der Waals surface area contributed by atoms with E-state index in [2.05, 4.69) is 16.7 Å². The van der Waals surface area contributed by atoms with Crippen molar-refractivity contribution in [2.75, 3.05) is 7.11 Å². The number of benzene rings is 1. The number of amides is 2. The van der Waals surface area contributed by atoms with Crippen molar-refractivity contribution in [2.24, 2.45) is 35.0 Å². The fourth-order valence-corrected chi connectivity index (χ4v) is 8.35. The number of aliphatic carboxylic acids is 1. The lowest BCUT2D eigenvalue weighted by molar-refractivity contribution is -0.150. The molecule has 6 atom stereocenters. The van der Waals surface area contributed by atoms with Gasteiger partial charge >= 0.3 is 5.97 Å². The summed E-state index contributed by atoms with van der Waals surface area (Å²) >= 11 is 0. The standard InChI is InChI=1S/C32H40FN3O6/c1-32(31(39)40)7-5-21(6-8-32)42-25-13-22(26(41-2)12-20(25)15-34)29(37)36-28-17-4-3-16(9-17)27(28)30(38)35-24-14-23(33)18-10-19(24)11-18/h12-13,16-19,21,23-24,27-28H,3-11,14H2,1-2H3,(H,35,38)(H,36,37)(H,39,40)/t16-,17+,18?,19?,21-,23?,24?,27-,28+,32+/m0/s1. The smallest absolute Gasteiger partial charge is 0.309 e. The van der Waals surface area contributed by atoms with Gasteiger partial charge in [-0.05, 0) is 101 Å². The number of carbonyl (C=O) groups is 3. The molecule has 0 aromatic heterocycles. The Morgan fingerprint density at radius 1 is 0.976 bits per heavy atom. The fourth-order valence-electron chi connectivity index (χ4n) is 8.35. The first-order chi connectivity index (χ1) is 20.1. The predicted molar refractivity (Wildman–Crippen MR) is 150 cm³/mol. The highest BCUT2D eigenvalue weighted by atomic mass is 19.1. The van der Waals surface area contributed by atoms with Crippen LogP contribution in [0.4, 0.5) is 4.39 Å². The van der Waals surface area contributed by atoms with Crippen LogP contribution in [0.25, 0.3) is 0 Å². The lowest BCUT2D eigenvalue weighted by Gasteiger charge is -2.49. The molecule has 226 valence electrons. The zero-order chi connectivity index (χ0) is 29.8. The molecule has 6 fully saturated rings. The molecule has 6 aliphatic carbocycles. The summed E-state index contributed by atoms with van der Waals surface area (Å²) in [5, 5.41) is 25.6. The summed E-state index contributed by atoms with van der Waals surface area (Å²) in [4.78, 5) is 38.9. The summed E-state index contributed by atoms with van der Waals surface area (Å²) in [7, 11) is 1.43. The number of methoxy groups -OCH3 is 1. The Balaban J connectivity index is 1.17. The first-order valence-corrected chi connectivity index (χ1v) is 15.4. The van der Waals surface area contributed by atoms with Crippen LogP contribution in [0.1, 0.15) is 87.1 Å². The Bertz CT molecular complexity index is 1300. The second-order valence-electron chi connectivity index (χ2n) is 13.6. The van der Waals surface area contributed by atoms with Gasteiger partial charge in [0.25, 0.3) is 5.91 Å². The summed E-state index contributed by atoms with van der Waals surface area (Å²) in [6.45, 7) is 1.74. The molecule has 10 heteroatoms. The Kier molecular flexibility index (Phi) is 7.57. The fraction of sp³-hybridized carbons (Fsp3) is 0.688. The van der Waals surface area contributed by atoms with E-state index in [0.717, 1.165) is 32.1 Å². The van der Waals surface area contributed by atoms with Gasteiger partial charge in [0.1, 0.15) is 23.7 Å². The van der Waals surface area contributed by atoms with Gasteiger partial charge in [-0.3, -0.25) is 14.4 Å². The maximum absolute atomic E-state index is 14.4. The van der Waals surface area contributed by atoms with Crippen LogP contribution in [-0.4, -0.2) is 54.4 Å². The molecule has 9 nitrogen and oxygen atoms in total. The number of carboxylic acid groups (broad SMARTS) is 1. The molecule has 6 aliphatic rings. The van der Waals surface area contributed by atoms with Crippen molar-refractivity contribution in [3.63, 3.8) is 0 Å². The molecule has 0 radical (unpaired) electrons. The highest BCUT2D eigenvalue weighted by Crippen LogP contribution is 2.50. The molecular formula is C32H40FN3O6. The van der Waals surface area contributed by atoms with E-state index < -0.39 is 23.5 Å². The van der Waals surface area contributed by atoms with E-state index in [9.17, 15) is 29.1 Å². The minimum absolute atomic E-state index is 0.0866. The van der Waals surface area contributed by atoms with Crippen molar-refractivity contribution in [1.29, 1.82) is 5.26 Å². The SMILES string of the molecule is COc1cc(C#N)c(O[C@H]2CC[C@@](C)(C(=O)O)CC2)cc1C(=O)N[C@@H]1[C@@H]2CC[C@@H](C2)[C@@H]1C(=O)NC1CC(F)C2CC1C2. The first-order valence-electron chi connectivity index (χ1n) is 15.4. The normalized spacial score (nSPS) is 38.1. The molecule has 2 amide bonds. The maximum Gasteiger partial charge on any atom is 0.309 e. The average Bonchev–Trinajstić information content (AvgIpc) is 3.55. The lowest BCUT2D eigenvalue weighted by Crippen LogP contribution is -2.57. The molecule has 6 saturated carbocycles. The maximum atomic E-state index is 14.4. The molecule has 1 aromatic carbocycles. The number of hydrogen-bond acceptors (Lipinski definition) is 6. The van der Waals surface area contributed by atoms with Crippen LogP contribution in [0.15, 0.2) is 12.1 Å². The molecule has 2 unspecified atom stereocenters. The van der Waals surface area contributed by atoms with Crippen molar-refractivity contribution >= 4 is 17.8 Å². The summed E-state index contributed by atoms with van der Waals surface area (Å²) in [5.41, 5.74) is -0.353. The number of alkyl halides is 1. The molecule has 3 N–H and O–H groups in total. The van der Waals surface area contributed by atoms with Gasteiger partial charge in [-0.25, -0.2) is 4.39 Å². The Morgan fingerprint density at radius 3 is 2.31 bits per heavy atom. The van der Waals surface area contributed by atoms with Gasteiger partial charge in [0, 0.05) is 18.2 Å². The van der Waals surface area contributed by atoms with Gasteiger partial charge in [0.15, 0.2) is 0 Å². The highest BCUT2D eigenvalue weighted by Gasteiger charge is 2.53. The third kappa shape index (κ3) is 5.09. The Hall–Kier alpha value is -3.35. The number of nitriles is 1. The van der Waals surface area contributed by atoms with Crippen LogP contribution in [0.3, 0.4) is 0 Å². The number of carbonyl (C=O) groups excluding carboxylic acids is 2. The van der Waals surface area contributed by atoms with E-state index in [1.807, 2.05) is 0 Å². The Labute approximate surface area is 245 Å². The van der Waals surface area contributed by atoms with Gasteiger partial charge in [-0.1, -0.05) is 0 Å². The summed E-state index contributed by atoms with van der Waals surface area (Å²) in [6, 6.07) is 4.65. The first kappa shape index (κ1) is 28.8. The van der Waals surface area contributed by atoms with E-state index in [4.69, 9.17) is 9.47 Å². The number of ether oxygens (including phenoxy) is 2. The second-order valence-corrected chi connectivity index (χ2v) is 13.6. The molecule has 0 spiro atoms. The third-order valence-corrected chi connectivity index (χ3v) is 11.1. The Morgan fingerprint density at radius 2 is 1.67 bits per heavy atom. The van der Waals surface area contributed by atoms with Crippen LogP contribution in [0.2, 0.25) is 0 Å². The molecule has 7 rings (SSSR count). The monoisotopic (exact) mass is 581 g/mol. The van der Waals surface area contributed by atoms with E-state index in [0.29, 0.717) is 38.0 Å². The van der Waals surface area contributed by atoms with Gasteiger partial charge in [0.05, 0.1) is 35.7 Å². The quantitative estimate of drug-likeness (QED) is 0.414. The molecule has 0 aliphatic heterocycles. The van der Waals surface area contributed by atoms with Crippen LogP contribution in [0.5, 0.6) is 11.5 Å². The van der Waals surface area contributed by atoms with Crippen LogP contribution in [0, 0.1) is 46.3 Å². The van der Waals surface area contributed by atoms with Crippen molar-refractivity contribution in [1.82, 2.24) is 10.6 Å². The summed E-state index contributed by atoms with van der Waals surface area (Å²) in [5.74, 6) is -0.315. The van der Waals surface area contributed by atoms with Crippen LogP contribution < -0.4 is 20.1 Å². The summed E-state index contributed by atoms with van der Waals surface area (Å²) in [6.07, 6.45) is 5.64. The molecule has 0 heterocycles. The number of carboxylic acids is 1. The molecule has 0 saturated heterocycles. The van der Waals surface area contributed by atoms with Gasteiger partial charge < -0.3 is 25.2 Å². The number of nitrogens with one attached hydrogen (secondary N) is 2. The number of rotatable bonds is 8. The van der Waals surface area contributed by atoms with Crippen molar-refractivity contribution in [2.45, 2.75) is 95.5 Å². The van der Waals surface area contributed by atoms with Crippen LogP contribution in [-0.2, 0) is 9.59 Å². The van der Waals surface area contributed by atoms with Gasteiger partial charge in [-0.15, -0.1) is 0 Å². The highest BCUT2D eigenvalue weighted by molar-refractivity contribution is 5.98. The second kappa shape index (κ2) is 11.1. The molecule has 1 aromatic rings. The van der Waals surface area contributed by atoms with E-state index >= 15 is 0 Å². The number of hydrogen-bond donors (Lipinski definition) is 3. The third-order valence-electron chi connectivity index (χ3n) is 11.1. The number of nitrogens with zero attached hydrogens (tertiary/aromatic N) is 1. The minimum atomic E-state index is -0.855. The lowest BCUT2D eigenvalue weighted by atomic mass is 9.61. The number of fused-ring (bicyclic) bond motifs is 4. The van der Waals surface area contributed by atoms with E-state index in [1.54, 1.807) is 6.92 Å². The van der Waals surface area contributed by atoms with Gasteiger partial charge in [0.2, 0.25) is 5.91 Å². The van der Waals surface area contributed by atoms with Gasteiger partial charge in [-0.2, -0.15) is 5.26 Å². The zero-order valence-corrected chi connectivity index (χ0v) is 24.2. The predicted octanol–water partition coefficient (Wildman–Crippen LogP) is 4.38. The molecule has 42 heavy (non-hydrogen) atoms. The molecular weight excluding hydrogens is 541 g/mol. The number of halogens is 1. The zero-order valence-electron chi connectivity index (χ0n) is 24.2. The van der Waals surface area contributed by atoms with Crippen molar-refractivity contribution < 1.29 is 33.4 Å². The average molecular weight is 582 g/mol. The summed E-state index contributed by atoms with van der Waals surface area (Å²) < 4.78 is 26.0. The van der Waals surface area contributed by atoms with Crippen LogP contribution >= 0.6 is 0 Å². The van der Waals surface area contributed by atoms with Crippen molar-refractivity contribution in [3.05, 3.63) is 23.3 Å². The minimum Gasteiger partial charge on any atom is -0.496 e. The molecule has 4 bridgehead atoms. The van der Waals surface area contributed by atoms with E-state index in [1.165, 1.54) is 19.2 Å². The largest absolute Gasteiger partial charge is 0.496 e. The topological polar surface area (TPSA) is 138 Å². The van der Waals surface area contributed by atoms with Crippen molar-refractivity contribution in [3.8, 4) is 17.6 Å². The van der Waals surface area contributed by atoms with E-state index in [-0.39, 0.29) is 70.4 Å².